The number of nitrogens with two attached hydrogens (primary N) is 1. The van der Waals surface area contributed by atoms with Crippen LogP contribution in [-0.4, -0.2) is 0 Å². The van der Waals surface area contributed by atoms with Crippen LogP contribution in [0.1, 0.15) is 13.8 Å². The molecule has 0 atom stereocenters. The SMILES string of the molecule is C=C/C(ON)=C(C)\C=C/C. The van der Waals surface area contributed by atoms with Crippen LogP contribution < -0.4 is 5.90 Å². The molecule has 0 aromatic carbocycles. The minimum atomic E-state index is 0.609. The molecule has 0 fully saturated rings. The average Bonchev–Trinajstić information content (AvgIpc) is 1.91. The Labute approximate surface area is 61.6 Å². The second-order valence-electron chi connectivity index (χ2n) is 1.87. The highest BCUT2D eigenvalue weighted by atomic mass is 16.6. The maximum Gasteiger partial charge on any atom is 0.149 e. The van der Waals surface area contributed by atoms with Crippen LogP contribution in [0.5, 0.6) is 0 Å². The van der Waals surface area contributed by atoms with Gasteiger partial charge in [-0.05, 0) is 25.5 Å². The van der Waals surface area contributed by atoms with E-state index in [4.69, 9.17) is 5.90 Å². The van der Waals surface area contributed by atoms with Gasteiger partial charge in [-0.3, -0.25) is 0 Å². The first-order valence-corrected chi connectivity index (χ1v) is 3.09. The van der Waals surface area contributed by atoms with E-state index in [2.05, 4.69) is 11.4 Å². The highest BCUT2D eigenvalue weighted by Crippen LogP contribution is 2.05. The van der Waals surface area contributed by atoms with E-state index >= 15 is 0 Å². The molecule has 2 nitrogen and oxygen atoms in total. The van der Waals surface area contributed by atoms with E-state index in [1.165, 1.54) is 0 Å². The van der Waals surface area contributed by atoms with Crippen LogP contribution in [0.3, 0.4) is 0 Å². The van der Waals surface area contributed by atoms with E-state index < -0.39 is 0 Å². The zero-order chi connectivity index (χ0) is 7.98. The highest BCUT2D eigenvalue weighted by molar-refractivity contribution is 5.25. The van der Waals surface area contributed by atoms with E-state index in [1.807, 2.05) is 26.0 Å². The van der Waals surface area contributed by atoms with Crippen molar-refractivity contribution < 1.29 is 4.84 Å². The third kappa shape index (κ3) is 2.51. The molecule has 0 aromatic rings. The molecule has 0 aliphatic carbocycles. The van der Waals surface area contributed by atoms with Crippen molar-refractivity contribution in [3.8, 4) is 0 Å². The maximum atomic E-state index is 4.95. The van der Waals surface area contributed by atoms with Crippen LogP contribution in [0.15, 0.2) is 36.1 Å². The first kappa shape index (κ1) is 8.98. The van der Waals surface area contributed by atoms with Gasteiger partial charge in [0.15, 0.2) is 0 Å². The van der Waals surface area contributed by atoms with Gasteiger partial charge in [0.2, 0.25) is 0 Å². The summed E-state index contributed by atoms with van der Waals surface area (Å²) in [5.41, 5.74) is 0.972. The third-order valence-corrected chi connectivity index (χ3v) is 1.12. The summed E-state index contributed by atoms with van der Waals surface area (Å²) in [4.78, 5) is 4.52. The molecule has 0 saturated carbocycles. The van der Waals surface area contributed by atoms with Gasteiger partial charge in [0.1, 0.15) is 5.76 Å². The highest BCUT2D eigenvalue weighted by Gasteiger charge is 1.92. The van der Waals surface area contributed by atoms with Gasteiger partial charge in [0.05, 0.1) is 0 Å². The topological polar surface area (TPSA) is 35.2 Å². The Morgan fingerprint density at radius 1 is 1.60 bits per heavy atom. The quantitative estimate of drug-likeness (QED) is 0.368. The fourth-order valence-electron chi connectivity index (χ4n) is 0.634. The zero-order valence-electron chi connectivity index (χ0n) is 6.42. The first-order valence-electron chi connectivity index (χ1n) is 3.09. The van der Waals surface area contributed by atoms with Crippen LogP contribution in [0.25, 0.3) is 0 Å². The van der Waals surface area contributed by atoms with Gasteiger partial charge in [-0.25, -0.2) is 0 Å². The molecular weight excluding hydrogens is 126 g/mol. The average molecular weight is 139 g/mol. The van der Waals surface area contributed by atoms with E-state index in [0.717, 1.165) is 5.57 Å². The molecule has 2 N–H and O–H groups in total. The van der Waals surface area contributed by atoms with Crippen LogP contribution in [0.4, 0.5) is 0 Å². The molecule has 0 aliphatic heterocycles. The second-order valence-corrected chi connectivity index (χ2v) is 1.87. The second kappa shape index (κ2) is 4.82. The molecule has 0 unspecified atom stereocenters. The lowest BCUT2D eigenvalue weighted by atomic mass is 10.2. The number of hydrogen-bond donors (Lipinski definition) is 1. The molecule has 0 aliphatic rings. The lowest BCUT2D eigenvalue weighted by molar-refractivity contribution is 0.231. The lowest BCUT2D eigenvalue weighted by Crippen LogP contribution is -1.98. The Bertz CT molecular complexity index is 168. The molecule has 0 rings (SSSR count). The monoisotopic (exact) mass is 139 g/mol. The minimum Gasteiger partial charge on any atom is -0.411 e. The third-order valence-electron chi connectivity index (χ3n) is 1.12. The number of hydrogen-bond acceptors (Lipinski definition) is 2. The maximum absolute atomic E-state index is 4.95. The fraction of sp³-hybridized carbons (Fsp3) is 0.250. The predicted octanol–water partition coefficient (Wildman–Crippen LogP) is 1.91. The minimum absolute atomic E-state index is 0.609. The zero-order valence-corrected chi connectivity index (χ0v) is 6.42. The van der Waals surface area contributed by atoms with Crippen molar-refractivity contribution in [3.05, 3.63) is 36.1 Å². The first-order chi connectivity index (χ1) is 4.76. The Kier molecular flexibility index (Phi) is 4.33. The van der Waals surface area contributed by atoms with Crippen molar-refractivity contribution in [1.82, 2.24) is 0 Å². The van der Waals surface area contributed by atoms with E-state index in [1.54, 1.807) is 6.08 Å². The van der Waals surface area contributed by atoms with Crippen molar-refractivity contribution in [2.75, 3.05) is 0 Å². The fourth-order valence-corrected chi connectivity index (χ4v) is 0.634. The molecule has 0 heterocycles. The summed E-state index contributed by atoms with van der Waals surface area (Å²) in [6.07, 6.45) is 5.40. The van der Waals surface area contributed by atoms with Crippen molar-refractivity contribution in [2.45, 2.75) is 13.8 Å². The van der Waals surface area contributed by atoms with Gasteiger partial charge in [-0.2, -0.15) is 5.90 Å². The van der Waals surface area contributed by atoms with Crippen LogP contribution >= 0.6 is 0 Å². The van der Waals surface area contributed by atoms with Gasteiger partial charge in [0.25, 0.3) is 0 Å². The molecule has 10 heavy (non-hydrogen) atoms. The largest absolute Gasteiger partial charge is 0.411 e. The summed E-state index contributed by atoms with van der Waals surface area (Å²) in [6, 6.07) is 0. The molecule has 0 amide bonds. The van der Waals surface area contributed by atoms with Gasteiger partial charge in [-0.1, -0.05) is 18.7 Å². The summed E-state index contributed by atoms with van der Waals surface area (Å²) in [5.74, 6) is 5.56. The molecule has 0 aromatic heterocycles. The molecule has 0 saturated heterocycles. The van der Waals surface area contributed by atoms with Gasteiger partial charge < -0.3 is 4.84 Å². The molecule has 2 heteroatoms. The predicted molar refractivity (Wildman–Crippen MR) is 43.0 cm³/mol. The summed E-state index contributed by atoms with van der Waals surface area (Å²) in [5, 5.41) is 0. The summed E-state index contributed by atoms with van der Waals surface area (Å²) >= 11 is 0. The Morgan fingerprint density at radius 3 is 2.50 bits per heavy atom. The molecule has 0 bridgehead atoms. The molecule has 0 spiro atoms. The number of rotatable bonds is 3. The summed E-state index contributed by atoms with van der Waals surface area (Å²) in [6.45, 7) is 7.38. The molecule has 0 radical (unpaired) electrons. The van der Waals surface area contributed by atoms with Crippen molar-refractivity contribution >= 4 is 0 Å². The van der Waals surface area contributed by atoms with Crippen molar-refractivity contribution in [3.63, 3.8) is 0 Å². The van der Waals surface area contributed by atoms with E-state index in [0.29, 0.717) is 5.76 Å². The van der Waals surface area contributed by atoms with Gasteiger partial charge in [0, 0.05) is 0 Å². The Hall–Kier alpha value is -1.02. The van der Waals surface area contributed by atoms with E-state index in [9.17, 15) is 0 Å². The van der Waals surface area contributed by atoms with Crippen molar-refractivity contribution in [2.24, 2.45) is 5.90 Å². The van der Waals surface area contributed by atoms with Crippen molar-refractivity contribution in [1.29, 1.82) is 0 Å². The number of allylic oxidation sites excluding steroid dienone is 4. The molecular formula is C8H13NO. The van der Waals surface area contributed by atoms with Gasteiger partial charge >= 0.3 is 0 Å². The lowest BCUT2D eigenvalue weighted by Gasteiger charge is -1.99. The van der Waals surface area contributed by atoms with Crippen LogP contribution in [-0.2, 0) is 4.84 Å². The smallest absolute Gasteiger partial charge is 0.149 e. The summed E-state index contributed by atoms with van der Waals surface area (Å²) in [7, 11) is 0. The standard InChI is InChI=1S/C8H13NO/c1-4-6-7(3)8(5-2)10-9/h4-6H,2,9H2,1,3H3/b6-4-,8-7+. The Morgan fingerprint density at radius 2 is 2.20 bits per heavy atom. The Balaban J connectivity index is 4.42. The van der Waals surface area contributed by atoms with E-state index in [-0.39, 0.29) is 0 Å². The van der Waals surface area contributed by atoms with Gasteiger partial charge in [-0.15, -0.1) is 0 Å². The molecule has 56 valence electrons. The van der Waals surface area contributed by atoms with Crippen LogP contribution in [0, 0.1) is 0 Å². The summed E-state index contributed by atoms with van der Waals surface area (Å²) < 4.78 is 0. The van der Waals surface area contributed by atoms with Crippen LogP contribution in [0.2, 0.25) is 0 Å². The normalized spacial score (nSPS) is 13.1.